The fraction of sp³-hybridized carbons (Fsp3) is 0.333. The van der Waals surface area contributed by atoms with E-state index >= 15 is 0 Å². The van der Waals surface area contributed by atoms with E-state index in [0.29, 0.717) is 11.4 Å². The summed E-state index contributed by atoms with van der Waals surface area (Å²) in [7, 11) is 0.429. The maximum absolute atomic E-state index is 12.3. The average Bonchev–Trinajstić information content (AvgIpc) is 2.93. The highest BCUT2D eigenvalue weighted by molar-refractivity contribution is 7.89. The van der Waals surface area contributed by atoms with Crippen LogP contribution in [0, 0.1) is 6.92 Å². The number of rotatable bonds is 6. The molecule has 0 bridgehead atoms. The van der Waals surface area contributed by atoms with Gasteiger partial charge in [0, 0.05) is 11.4 Å². The molecule has 2 aromatic rings. The lowest BCUT2D eigenvalue weighted by Crippen LogP contribution is -2.34. The lowest BCUT2D eigenvalue weighted by Gasteiger charge is -2.23. The minimum Gasteiger partial charge on any atom is -0.300 e. The van der Waals surface area contributed by atoms with Crippen LogP contribution in [0.2, 0.25) is 0 Å². The molecule has 0 radical (unpaired) electrons. The maximum Gasteiger partial charge on any atom is 0.240 e. The molecule has 114 valence electrons. The first-order valence-corrected chi connectivity index (χ1v) is 9.02. The predicted molar refractivity (Wildman–Crippen MR) is 87.1 cm³/mol. The second kappa shape index (κ2) is 6.70. The van der Waals surface area contributed by atoms with Gasteiger partial charge in [-0.1, -0.05) is 23.8 Å². The fourth-order valence-electron chi connectivity index (χ4n) is 2.01. The summed E-state index contributed by atoms with van der Waals surface area (Å²) in [5.41, 5.74) is 1.04. The van der Waals surface area contributed by atoms with Gasteiger partial charge in [-0.3, -0.25) is 0 Å². The Labute approximate surface area is 130 Å². The molecule has 6 heteroatoms. The molecule has 1 heterocycles. The quantitative estimate of drug-likeness (QED) is 0.889. The molecule has 0 spiro atoms. The standard InChI is InChI=1S/C15H20N2O2S2/c1-12-6-8-13(9-7-12)21(18,19)16-11-14(17(2)3)15-5-4-10-20-15/h4-10,14,16H,11H2,1-3H3/t14-/m0/s1. The summed E-state index contributed by atoms with van der Waals surface area (Å²) >= 11 is 1.63. The minimum atomic E-state index is -3.47. The molecule has 2 rings (SSSR count). The van der Waals surface area contributed by atoms with Crippen molar-refractivity contribution < 1.29 is 8.42 Å². The number of thiophene rings is 1. The SMILES string of the molecule is Cc1ccc(S(=O)(=O)NC[C@@H](c2cccs2)N(C)C)cc1. The van der Waals surface area contributed by atoms with Crippen LogP contribution in [0.15, 0.2) is 46.7 Å². The molecule has 0 saturated carbocycles. The molecule has 0 aliphatic heterocycles. The third kappa shape index (κ3) is 4.14. The Morgan fingerprint density at radius 2 is 1.86 bits per heavy atom. The van der Waals surface area contributed by atoms with Crippen molar-refractivity contribution in [2.45, 2.75) is 17.9 Å². The summed E-state index contributed by atoms with van der Waals surface area (Å²) in [6.45, 7) is 2.28. The van der Waals surface area contributed by atoms with E-state index in [1.165, 1.54) is 0 Å². The Hall–Kier alpha value is -1.21. The van der Waals surface area contributed by atoms with Gasteiger partial charge >= 0.3 is 0 Å². The maximum atomic E-state index is 12.3. The van der Waals surface area contributed by atoms with Gasteiger partial charge in [0.05, 0.1) is 10.9 Å². The highest BCUT2D eigenvalue weighted by Crippen LogP contribution is 2.23. The van der Waals surface area contributed by atoms with Gasteiger partial charge in [-0.05, 0) is 44.6 Å². The van der Waals surface area contributed by atoms with Gasteiger partial charge in [-0.15, -0.1) is 11.3 Å². The van der Waals surface area contributed by atoms with E-state index < -0.39 is 10.0 Å². The number of aryl methyl sites for hydroxylation is 1. The number of benzene rings is 1. The molecule has 0 amide bonds. The summed E-state index contributed by atoms with van der Waals surface area (Å²) in [5.74, 6) is 0. The van der Waals surface area contributed by atoms with Crippen LogP contribution in [0.5, 0.6) is 0 Å². The lowest BCUT2D eigenvalue weighted by molar-refractivity contribution is 0.303. The molecular formula is C15H20N2O2S2. The van der Waals surface area contributed by atoms with Crippen LogP contribution in [0.25, 0.3) is 0 Å². The average molecular weight is 324 g/mol. The fourth-order valence-corrected chi connectivity index (χ4v) is 3.97. The van der Waals surface area contributed by atoms with Gasteiger partial charge in [0.2, 0.25) is 10.0 Å². The number of hydrogen-bond acceptors (Lipinski definition) is 4. The van der Waals surface area contributed by atoms with Gasteiger partial charge in [0.15, 0.2) is 0 Å². The van der Waals surface area contributed by atoms with Crippen LogP contribution in [-0.4, -0.2) is 34.0 Å². The third-order valence-electron chi connectivity index (χ3n) is 3.29. The van der Waals surface area contributed by atoms with Crippen LogP contribution in [0.4, 0.5) is 0 Å². The van der Waals surface area contributed by atoms with Crippen molar-refractivity contribution in [3.8, 4) is 0 Å². The van der Waals surface area contributed by atoms with Crippen LogP contribution in [-0.2, 0) is 10.0 Å². The van der Waals surface area contributed by atoms with Crippen LogP contribution in [0.3, 0.4) is 0 Å². The van der Waals surface area contributed by atoms with E-state index in [-0.39, 0.29) is 6.04 Å². The molecule has 0 unspecified atom stereocenters. The molecule has 0 fully saturated rings. The highest BCUT2D eigenvalue weighted by Gasteiger charge is 2.20. The van der Waals surface area contributed by atoms with E-state index in [1.807, 2.05) is 43.4 Å². The normalized spacial score (nSPS) is 13.5. The van der Waals surface area contributed by atoms with Crippen LogP contribution < -0.4 is 4.72 Å². The van der Waals surface area contributed by atoms with E-state index in [0.717, 1.165) is 10.4 Å². The number of nitrogens with one attached hydrogen (secondary N) is 1. The zero-order valence-electron chi connectivity index (χ0n) is 12.4. The van der Waals surface area contributed by atoms with Crippen LogP contribution >= 0.6 is 11.3 Å². The van der Waals surface area contributed by atoms with Crippen LogP contribution in [0.1, 0.15) is 16.5 Å². The van der Waals surface area contributed by atoms with Gasteiger partial charge < -0.3 is 4.90 Å². The van der Waals surface area contributed by atoms with Crippen molar-refractivity contribution >= 4 is 21.4 Å². The number of hydrogen-bond donors (Lipinski definition) is 1. The molecule has 0 aliphatic carbocycles. The van der Waals surface area contributed by atoms with Crippen molar-refractivity contribution in [1.82, 2.24) is 9.62 Å². The summed E-state index contributed by atoms with van der Waals surface area (Å²) < 4.78 is 27.3. The van der Waals surface area contributed by atoms with Gasteiger partial charge in [0.25, 0.3) is 0 Å². The molecule has 0 aliphatic rings. The van der Waals surface area contributed by atoms with E-state index in [9.17, 15) is 8.42 Å². The van der Waals surface area contributed by atoms with E-state index in [1.54, 1.807) is 35.6 Å². The van der Waals surface area contributed by atoms with Crippen molar-refractivity contribution in [3.05, 3.63) is 52.2 Å². The van der Waals surface area contributed by atoms with E-state index in [2.05, 4.69) is 4.72 Å². The topological polar surface area (TPSA) is 49.4 Å². The third-order valence-corrected chi connectivity index (χ3v) is 5.71. The Morgan fingerprint density at radius 1 is 1.19 bits per heavy atom. The first-order chi connectivity index (χ1) is 9.90. The molecule has 0 saturated heterocycles. The molecule has 21 heavy (non-hydrogen) atoms. The Balaban J connectivity index is 2.11. The Bertz CT molecular complexity index is 662. The minimum absolute atomic E-state index is 0.0326. The molecule has 1 N–H and O–H groups in total. The summed E-state index contributed by atoms with van der Waals surface area (Å²) in [6, 6.07) is 10.9. The lowest BCUT2D eigenvalue weighted by atomic mass is 10.2. The van der Waals surface area contributed by atoms with Crippen molar-refractivity contribution in [3.63, 3.8) is 0 Å². The van der Waals surface area contributed by atoms with Crippen molar-refractivity contribution in [2.24, 2.45) is 0 Å². The monoisotopic (exact) mass is 324 g/mol. The summed E-state index contributed by atoms with van der Waals surface area (Å²) in [4.78, 5) is 3.46. The van der Waals surface area contributed by atoms with E-state index in [4.69, 9.17) is 0 Å². The Kier molecular flexibility index (Phi) is 5.16. The number of likely N-dealkylation sites (N-methyl/N-ethyl adjacent to an activating group) is 1. The zero-order valence-corrected chi connectivity index (χ0v) is 14.0. The Morgan fingerprint density at radius 3 is 2.38 bits per heavy atom. The second-order valence-corrected chi connectivity index (χ2v) is 7.91. The summed E-state index contributed by atoms with van der Waals surface area (Å²) in [6.07, 6.45) is 0. The first-order valence-electron chi connectivity index (χ1n) is 6.66. The number of sulfonamides is 1. The zero-order chi connectivity index (χ0) is 15.5. The smallest absolute Gasteiger partial charge is 0.240 e. The van der Waals surface area contributed by atoms with Crippen molar-refractivity contribution in [1.29, 1.82) is 0 Å². The van der Waals surface area contributed by atoms with Crippen molar-refractivity contribution in [2.75, 3.05) is 20.6 Å². The first kappa shape index (κ1) is 16.2. The van der Waals surface area contributed by atoms with Gasteiger partial charge in [-0.2, -0.15) is 0 Å². The predicted octanol–water partition coefficient (Wildman–Crippen LogP) is 2.64. The molecule has 4 nitrogen and oxygen atoms in total. The molecule has 1 aromatic heterocycles. The molecule has 1 atom stereocenters. The van der Waals surface area contributed by atoms with Gasteiger partial charge in [0.1, 0.15) is 0 Å². The summed E-state index contributed by atoms with van der Waals surface area (Å²) in [5, 5.41) is 2.00. The van der Waals surface area contributed by atoms with Gasteiger partial charge in [-0.25, -0.2) is 13.1 Å². The second-order valence-electron chi connectivity index (χ2n) is 5.16. The largest absolute Gasteiger partial charge is 0.300 e. The number of nitrogens with zero attached hydrogens (tertiary/aromatic N) is 1. The molecular weight excluding hydrogens is 304 g/mol. The highest BCUT2D eigenvalue weighted by atomic mass is 32.2. The molecule has 1 aromatic carbocycles.